The zero-order valence-corrected chi connectivity index (χ0v) is 5.40. The van der Waals surface area contributed by atoms with E-state index in [0.717, 1.165) is 0 Å². The molecule has 60 valence electrons. The van der Waals surface area contributed by atoms with Crippen molar-refractivity contribution >= 4 is 5.97 Å². The van der Waals surface area contributed by atoms with Crippen LogP contribution in [-0.2, 0) is 4.79 Å². The molecule has 0 aliphatic carbocycles. The van der Waals surface area contributed by atoms with Gasteiger partial charge in [0, 0.05) is 13.0 Å². The van der Waals surface area contributed by atoms with E-state index in [1.165, 1.54) is 0 Å². The van der Waals surface area contributed by atoms with Gasteiger partial charge in [-0.2, -0.15) is 0 Å². The zero-order valence-electron chi connectivity index (χ0n) is 5.40. The quantitative estimate of drug-likeness (QED) is 0.375. The zero-order chi connectivity index (χ0) is 8.15. The molecular formula is C5H11NO4. The molecule has 0 bridgehead atoms. The molecule has 5 nitrogen and oxygen atoms in total. The van der Waals surface area contributed by atoms with Crippen LogP contribution >= 0.6 is 0 Å². The Labute approximate surface area is 58.1 Å². The first-order chi connectivity index (χ1) is 4.57. The lowest BCUT2D eigenvalue weighted by Gasteiger charge is -2.08. The maximum Gasteiger partial charge on any atom is 0.332 e. The van der Waals surface area contributed by atoms with Gasteiger partial charge in [-0.1, -0.05) is 0 Å². The summed E-state index contributed by atoms with van der Waals surface area (Å²) in [5, 5.41) is 25.5. The third-order valence-electron chi connectivity index (χ3n) is 1.05. The van der Waals surface area contributed by atoms with Crippen LogP contribution in [0.25, 0.3) is 0 Å². The first kappa shape index (κ1) is 9.35. The summed E-state index contributed by atoms with van der Waals surface area (Å²) in [4.78, 5) is 9.95. The molecule has 0 saturated carbocycles. The highest BCUT2D eigenvalue weighted by Crippen LogP contribution is 1.95. The fourth-order valence-corrected chi connectivity index (χ4v) is 0.455. The van der Waals surface area contributed by atoms with Gasteiger partial charge in [0.2, 0.25) is 0 Å². The maximum atomic E-state index is 9.95. The van der Waals surface area contributed by atoms with Gasteiger partial charge in [0.15, 0.2) is 6.10 Å². The number of rotatable bonds is 4. The van der Waals surface area contributed by atoms with Crippen molar-refractivity contribution < 1.29 is 20.1 Å². The summed E-state index contributed by atoms with van der Waals surface area (Å²) in [5.74, 6) is -1.34. The highest BCUT2D eigenvalue weighted by molar-refractivity contribution is 5.71. The van der Waals surface area contributed by atoms with Crippen LogP contribution in [0.4, 0.5) is 0 Å². The molecule has 0 rings (SSSR count). The molecule has 0 aromatic carbocycles. The van der Waals surface area contributed by atoms with Gasteiger partial charge in [0.25, 0.3) is 0 Å². The van der Waals surface area contributed by atoms with Crippen molar-refractivity contribution in [1.29, 1.82) is 0 Å². The van der Waals surface area contributed by atoms with E-state index >= 15 is 0 Å². The van der Waals surface area contributed by atoms with Crippen LogP contribution in [0.2, 0.25) is 0 Å². The molecule has 0 aliphatic rings. The summed E-state index contributed by atoms with van der Waals surface area (Å²) in [6.45, 7) is -0.0374. The van der Waals surface area contributed by atoms with Gasteiger partial charge in [-0.05, 0) is 0 Å². The van der Waals surface area contributed by atoms with Crippen LogP contribution < -0.4 is 5.73 Å². The van der Waals surface area contributed by atoms with Crippen molar-refractivity contribution in [3.8, 4) is 0 Å². The van der Waals surface area contributed by atoms with Crippen molar-refractivity contribution in [2.75, 3.05) is 6.54 Å². The highest BCUT2D eigenvalue weighted by Gasteiger charge is 2.16. The second-order valence-electron chi connectivity index (χ2n) is 1.98. The number of aliphatic hydroxyl groups is 2. The molecule has 0 fully saturated rings. The van der Waals surface area contributed by atoms with Gasteiger partial charge in [-0.25, -0.2) is 4.79 Å². The average molecular weight is 149 g/mol. The van der Waals surface area contributed by atoms with Gasteiger partial charge in [-0.15, -0.1) is 0 Å². The van der Waals surface area contributed by atoms with E-state index in [9.17, 15) is 4.79 Å². The second kappa shape index (κ2) is 4.21. The number of aliphatic hydroxyl groups excluding tert-OH is 2. The SMILES string of the molecule is NC[C@H](O)C[C@@H](O)C(=O)O. The van der Waals surface area contributed by atoms with Crippen LogP contribution in [0.3, 0.4) is 0 Å². The van der Waals surface area contributed by atoms with Crippen molar-refractivity contribution in [3.63, 3.8) is 0 Å². The van der Waals surface area contributed by atoms with E-state index in [4.69, 9.17) is 21.1 Å². The van der Waals surface area contributed by atoms with E-state index in [2.05, 4.69) is 0 Å². The molecular weight excluding hydrogens is 138 g/mol. The molecule has 5 N–H and O–H groups in total. The second-order valence-corrected chi connectivity index (χ2v) is 1.98. The van der Waals surface area contributed by atoms with Gasteiger partial charge in [-0.3, -0.25) is 0 Å². The lowest BCUT2D eigenvalue weighted by Crippen LogP contribution is -2.29. The molecule has 5 heteroatoms. The van der Waals surface area contributed by atoms with Crippen LogP contribution in [0, 0.1) is 0 Å². The molecule has 0 saturated heterocycles. The number of carboxylic acid groups (broad SMARTS) is 1. The van der Waals surface area contributed by atoms with Gasteiger partial charge >= 0.3 is 5.97 Å². The first-order valence-corrected chi connectivity index (χ1v) is 2.87. The minimum Gasteiger partial charge on any atom is -0.479 e. The monoisotopic (exact) mass is 149 g/mol. The number of nitrogens with two attached hydrogens (primary N) is 1. The predicted molar refractivity (Wildman–Crippen MR) is 33.3 cm³/mol. The number of hydrogen-bond acceptors (Lipinski definition) is 4. The summed E-state index contributed by atoms with van der Waals surface area (Å²) >= 11 is 0. The summed E-state index contributed by atoms with van der Waals surface area (Å²) in [5.41, 5.74) is 4.97. The fraction of sp³-hybridized carbons (Fsp3) is 0.800. The van der Waals surface area contributed by atoms with Gasteiger partial charge in [0.1, 0.15) is 0 Å². The molecule has 0 amide bonds. The largest absolute Gasteiger partial charge is 0.479 e. The Kier molecular flexibility index (Phi) is 3.94. The topological polar surface area (TPSA) is 104 Å². The lowest BCUT2D eigenvalue weighted by molar-refractivity contribution is -0.148. The third-order valence-corrected chi connectivity index (χ3v) is 1.05. The Morgan fingerprint density at radius 3 is 2.30 bits per heavy atom. The predicted octanol–water partition coefficient (Wildman–Crippen LogP) is -1.86. The van der Waals surface area contributed by atoms with Crippen LogP contribution in [0.5, 0.6) is 0 Å². The normalized spacial score (nSPS) is 16.3. The Morgan fingerprint density at radius 2 is 2.00 bits per heavy atom. The van der Waals surface area contributed by atoms with Crippen LogP contribution in [0.15, 0.2) is 0 Å². The number of aliphatic carboxylic acids is 1. The Balaban J connectivity index is 3.56. The minimum atomic E-state index is -1.52. The average Bonchev–Trinajstić information content (AvgIpc) is 1.87. The molecule has 0 aromatic rings. The number of hydrogen-bond donors (Lipinski definition) is 4. The van der Waals surface area contributed by atoms with Gasteiger partial charge in [0.05, 0.1) is 6.10 Å². The molecule has 2 atom stereocenters. The summed E-state index contributed by atoms with van der Waals surface area (Å²) < 4.78 is 0. The number of carbonyl (C=O) groups is 1. The van der Waals surface area contributed by atoms with Crippen molar-refractivity contribution in [2.24, 2.45) is 5.73 Å². The lowest BCUT2D eigenvalue weighted by atomic mass is 10.1. The summed E-state index contributed by atoms with van der Waals surface area (Å²) in [6.07, 6.45) is -2.67. The van der Waals surface area contributed by atoms with E-state index in [1.807, 2.05) is 0 Å². The standard InChI is InChI=1S/C5H11NO4/c6-2-3(7)1-4(8)5(9)10/h3-4,7-8H,1-2,6H2,(H,9,10)/t3-,4-/m1/s1. The first-order valence-electron chi connectivity index (χ1n) is 2.87. The van der Waals surface area contributed by atoms with Crippen molar-refractivity contribution in [2.45, 2.75) is 18.6 Å². The third kappa shape index (κ3) is 3.39. The molecule has 0 aromatic heterocycles. The van der Waals surface area contributed by atoms with E-state index < -0.39 is 18.2 Å². The molecule has 0 radical (unpaired) electrons. The van der Waals surface area contributed by atoms with E-state index in [0.29, 0.717) is 0 Å². The Bertz CT molecular complexity index is 116. The van der Waals surface area contributed by atoms with E-state index in [-0.39, 0.29) is 13.0 Å². The Morgan fingerprint density at radius 1 is 1.50 bits per heavy atom. The molecule has 0 unspecified atom stereocenters. The maximum absolute atomic E-state index is 9.95. The van der Waals surface area contributed by atoms with Crippen LogP contribution in [0.1, 0.15) is 6.42 Å². The van der Waals surface area contributed by atoms with E-state index in [1.54, 1.807) is 0 Å². The number of carboxylic acids is 1. The summed E-state index contributed by atoms with van der Waals surface area (Å²) in [7, 11) is 0. The fourth-order valence-electron chi connectivity index (χ4n) is 0.455. The summed E-state index contributed by atoms with van der Waals surface area (Å²) in [6, 6.07) is 0. The van der Waals surface area contributed by atoms with Crippen molar-refractivity contribution in [1.82, 2.24) is 0 Å². The minimum absolute atomic E-state index is 0.0374. The molecule has 10 heavy (non-hydrogen) atoms. The van der Waals surface area contributed by atoms with Crippen molar-refractivity contribution in [3.05, 3.63) is 0 Å². The molecule has 0 heterocycles. The molecule has 0 spiro atoms. The Hall–Kier alpha value is -0.650. The molecule has 0 aliphatic heterocycles. The smallest absolute Gasteiger partial charge is 0.332 e. The highest BCUT2D eigenvalue weighted by atomic mass is 16.4. The van der Waals surface area contributed by atoms with Gasteiger partial charge < -0.3 is 21.1 Å². The van der Waals surface area contributed by atoms with Crippen LogP contribution in [-0.4, -0.2) is 40.0 Å².